The summed E-state index contributed by atoms with van der Waals surface area (Å²) in [7, 11) is 4.09. The third-order valence-corrected chi connectivity index (χ3v) is 3.95. The minimum Gasteiger partial charge on any atom is -0.492 e. The minimum absolute atomic E-state index is 0.0855. The number of benzene rings is 2. The molecular weight excluding hydrogens is 284 g/mol. The normalized spacial score (nSPS) is 11.5. The molecule has 3 heteroatoms. The molecule has 0 aliphatic heterocycles. The van der Waals surface area contributed by atoms with E-state index >= 15 is 0 Å². The average Bonchev–Trinajstić information content (AvgIpc) is 2.55. The van der Waals surface area contributed by atoms with E-state index in [0.717, 1.165) is 24.5 Å². The van der Waals surface area contributed by atoms with Gasteiger partial charge in [-0.2, -0.15) is 0 Å². The maximum atomic E-state index is 5.72. The zero-order valence-corrected chi connectivity index (χ0v) is 14.7. The zero-order valence-electron chi connectivity index (χ0n) is 14.7. The van der Waals surface area contributed by atoms with Crippen molar-refractivity contribution in [3.05, 3.63) is 60.2 Å². The van der Waals surface area contributed by atoms with Gasteiger partial charge in [0.05, 0.1) is 0 Å². The Hall–Kier alpha value is -2.00. The predicted octanol–water partition coefficient (Wildman–Crippen LogP) is 4.02. The van der Waals surface area contributed by atoms with Crippen LogP contribution in [-0.2, 0) is 5.41 Å². The van der Waals surface area contributed by atoms with Crippen molar-refractivity contribution in [1.82, 2.24) is 4.90 Å². The van der Waals surface area contributed by atoms with Crippen molar-refractivity contribution in [2.45, 2.75) is 19.3 Å². The molecule has 0 atom stereocenters. The van der Waals surface area contributed by atoms with E-state index in [-0.39, 0.29) is 5.41 Å². The van der Waals surface area contributed by atoms with Gasteiger partial charge in [0.15, 0.2) is 0 Å². The lowest BCUT2D eigenvalue weighted by molar-refractivity contribution is 0.261. The van der Waals surface area contributed by atoms with Crippen LogP contribution in [0, 0.1) is 0 Å². The molecule has 2 rings (SSSR count). The molecule has 0 unspecified atom stereocenters. The van der Waals surface area contributed by atoms with E-state index in [0.29, 0.717) is 6.61 Å². The van der Waals surface area contributed by atoms with Gasteiger partial charge < -0.3 is 15.0 Å². The van der Waals surface area contributed by atoms with Gasteiger partial charge in [-0.15, -0.1) is 0 Å². The summed E-state index contributed by atoms with van der Waals surface area (Å²) in [6.45, 7) is 7.03. The summed E-state index contributed by atoms with van der Waals surface area (Å²) in [4.78, 5) is 2.11. The molecule has 0 aliphatic carbocycles. The maximum Gasteiger partial charge on any atom is 0.119 e. The predicted molar refractivity (Wildman–Crippen MR) is 98.4 cm³/mol. The first-order valence-corrected chi connectivity index (χ1v) is 8.14. The summed E-state index contributed by atoms with van der Waals surface area (Å²) in [5.74, 6) is 0.916. The number of nitrogens with one attached hydrogen (secondary N) is 1. The van der Waals surface area contributed by atoms with E-state index in [1.807, 2.05) is 26.2 Å². The highest BCUT2D eigenvalue weighted by Gasteiger charge is 2.19. The van der Waals surface area contributed by atoms with E-state index in [1.165, 1.54) is 5.56 Å². The highest BCUT2D eigenvalue weighted by Crippen LogP contribution is 2.24. The van der Waals surface area contributed by atoms with Crippen LogP contribution >= 0.6 is 0 Å². The topological polar surface area (TPSA) is 24.5 Å². The molecule has 0 saturated carbocycles. The first-order chi connectivity index (χ1) is 11.0. The first-order valence-electron chi connectivity index (χ1n) is 8.14. The first kappa shape index (κ1) is 17.4. The molecule has 23 heavy (non-hydrogen) atoms. The Morgan fingerprint density at radius 3 is 2.22 bits per heavy atom. The highest BCUT2D eigenvalue weighted by atomic mass is 16.5. The van der Waals surface area contributed by atoms with Gasteiger partial charge in [0.2, 0.25) is 0 Å². The molecule has 3 nitrogen and oxygen atoms in total. The number of ether oxygens (including phenoxy) is 1. The Morgan fingerprint density at radius 2 is 1.61 bits per heavy atom. The molecule has 1 N–H and O–H groups in total. The molecule has 0 amide bonds. The van der Waals surface area contributed by atoms with Crippen LogP contribution in [0.1, 0.15) is 19.4 Å². The van der Waals surface area contributed by atoms with Crippen LogP contribution in [-0.4, -0.2) is 38.7 Å². The van der Waals surface area contributed by atoms with Gasteiger partial charge in [-0.25, -0.2) is 0 Å². The minimum atomic E-state index is 0.0855. The Balaban J connectivity index is 1.86. The summed E-state index contributed by atoms with van der Waals surface area (Å²) in [6, 6.07) is 18.8. The van der Waals surface area contributed by atoms with Gasteiger partial charge in [0.1, 0.15) is 12.4 Å². The molecule has 124 valence electrons. The summed E-state index contributed by atoms with van der Waals surface area (Å²) in [5, 5.41) is 3.52. The van der Waals surface area contributed by atoms with Gasteiger partial charge in [-0.1, -0.05) is 44.2 Å². The summed E-state index contributed by atoms with van der Waals surface area (Å²) in [6.07, 6.45) is 0. The van der Waals surface area contributed by atoms with Crippen LogP contribution in [0.15, 0.2) is 54.6 Å². The van der Waals surface area contributed by atoms with Crippen molar-refractivity contribution in [3.8, 4) is 5.75 Å². The van der Waals surface area contributed by atoms with Crippen LogP contribution in [0.4, 0.5) is 5.69 Å². The molecular formula is C20H28N2O. The van der Waals surface area contributed by atoms with Crippen LogP contribution in [0.2, 0.25) is 0 Å². The van der Waals surface area contributed by atoms with E-state index < -0.39 is 0 Å². The van der Waals surface area contributed by atoms with Gasteiger partial charge in [0, 0.05) is 24.2 Å². The van der Waals surface area contributed by atoms with Gasteiger partial charge in [-0.3, -0.25) is 0 Å². The Morgan fingerprint density at radius 1 is 0.957 bits per heavy atom. The van der Waals surface area contributed by atoms with Crippen LogP contribution in [0.5, 0.6) is 5.75 Å². The Bertz CT molecular complexity index is 576. The fourth-order valence-corrected chi connectivity index (χ4v) is 2.33. The van der Waals surface area contributed by atoms with Crippen molar-refractivity contribution >= 4 is 5.69 Å². The third-order valence-electron chi connectivity index (χ3n) is 3.95. The van der Waals surface area contributed by atoms with Gasteiger partial charge in [-0.05, 0) is 43.9 Å². The van der Waals surface area contributed by atoms with E-state index in [1.54, 1.807) is 0 Å². The maximum absolute atomic E-state index is 5.72. The number of nitrogens with zero attached hydrogens (tertiary/aromatic N) is 1. The quantitative estimate of drug-likeness (QED) is 0.797. The largest absolute Gasteiger partial charge is 0.492 e. The molecule has 0 saturated heterocycles. The molecule has 0 fully saturated rings. The smallest absolute Gasteiger partial charge is 0.119 e. The summed E-state index contributed by atoms with van der Waals surface area (Å²) in [5.41, 5.74) is 2.55. The van der Waals surface area contributed by atoms with Gasteiger partial charge in [0.25, 0.3) is 0 Å². The number of likely N-dealkylation sites (N-methyl/N-ethyl adjacent to an activating group) is 1. The Labute approximate surface area is 140 Å². The number of hydrogen-bond acceptors (Lipinski definition) is 3. The zero-order chi connectivity index (χ0) is 16.7. The van der Waals surface area contributed by atoms with Crippen LogP contribution in [0.3, 0.4) is 0 Å². The molecule has 0 aromatic heterocycles. The standard InChI is InChI=1S/C20H28N2O/c1-20(2,17-8-6-5-7-9-17)16-21-18-10-12-19(13-11-18)23-15-14-22(3)4/h5-13,21H,14-16H2,1-4H3. The summed E-state index contributed by atoms with van der Waals surface area (Å²) >= 11 is 0. The second-order valence-corrected chi connectivity index (χ2v) is 6.78. The van der Waals surface area contributed by atoms with Crippen molar-refractivity contribution in [1.29, 1.82) is 0 Å². The van der Waals surface area contributed by atoms with E-state index in [9.17, 15) is 0 Å². The van der Waals surface area contributed by atoms with Crippen LogP contribution in [0.25, 0.3) is 0 Å². The molecule has 0 spiro atoms. The molecule has 0 heterocycles. The van der Waals surface area contributed by atoms with Crippen molar-refractivity contribution in [3.63, 3.8) is 0 Å². The fraction of sp³-hybridized carbons (Fsp3) is 0.400. The summed E-state index contributed by atoms with van der Waals surface area (Å²) < 4.78 is 5.72. The van der Waals surface area contributed by atoms with Crippen molar-refractivity contribution < 1.29 is 4.74 Å². The van der Waals surface area contributed by atoms with Gasteiger partial charge >= 0.3 is 0 Å². The van der Waals surface area contributed by atoms with Crippen molar-refractivity contribution in [2.24, 2.45) is 0 Å². The lowest BCUT2D eigenvalue weighted by Gasteiger charge is -2.26. The second-order valence-electron chi connectivity index (χ2n) is 6.78. The monoisotopic (exact) mass is 312 g/mol. The second kappa shape index (κ2) is 8.02. The molecule has 0 bridgehead atoms. The lowest BCUT2D eigenvalue weighted by Crippen LogP contribution is -2.27. The average molecular weight is 312 g/mol. The number of hydrogen-bond donors (Lipinski definition) is 1. The molecule has 0 aliphatic rings. The van der Waals surface area contributed by atoms with E-state index in [2.05, 4.69) is 66.5 Å². The number of rotatable bonds is 8. The van der Waals surface area contributed by atoms with E-state index in [4.69, 9.17) is 4.74 Å². The lowest BCUT2D eigenvalue weighted by atomic mass is 9.84. The number of anilines is 1. The molecule has 0 radical (unpaired) electrons. The van der Waals surface area contributed by atoms with Crippen LogP contribution < -0.4 is 10.1 Å². The fourth-order valence-electron chi connectivity index (χ4n) is 2.33. The van der Waals surface area contributed by atoms with Crippen molar-refractivity contribution in [2.75, 3.05) is 39.1 Å². The molecule has 2 aromatic carbocycles. The third kappa shape index (κ3) is 5.61. The molecule has 2 aromatic rings. The SMILES string of the molecule is CN(C)CCOc1ccc(NCC(C)(C)c2ccccc2)cc1. The highest BCUT2D eigenvalue weighted by molar-refractivity contribution is 5.47. The Kier molecular flexibility index (Phi) is 6.05.